The number of ether oxygens (including phenoxy) is 1. The number of benzene rings is 1. The fourth-order valence-electron chi connectivity index (χ4n) is 4.43. The molecule has 1 saturated carbocycles. The van der Waals surface area contributed by atoms with Gasteiger partial charge in [0.1, 0.15) is 5.75 Å². The molecule has 0 unspecified atom stereocenters. The molecule has 0 bridgehead atoms. The summed E-state index contributed by atoms with van der Waals surface area (Å²) in [6.45, 7) is 6.39. The summed E-state index contributed by atoms with van der Waals surface area (Å²) in [5, 5.41) is 3.24. The first-order valence-electron chi connectivity index (χ1n) is 10.2. The Hall–Kier alpha value is -1.59. The van der Waals surface area contributed by atoms with Gasteiger partial charge >= 0.3 is 0 Å². The highest BCUT2D eigenvalue weighted by Gasteiger charge is 2.21. The minimum Gasteiger partial charge on any atom is -0.493 e. The molecule has 1 saturated heterocycles. The Morgan fingerprint density at radius 2 is 1.85 bits per heavy atom. The van der Waals surface area contributed by atoms with Gasteiger partial charge in [-0.1, -0.05) is 31.4 Å². The second-order valence-electron chi connectivity index (χ2n) is 8.00. The highest BCUT2D eigenvalue weighted by atomic mass is 16.5. The summed E-state index contributed by atoms with van der Waals surface area (Å²) in [6, 6.07) is 7.02. The van der Waals surface area contributed by atoms with Gasteiger partial charge in [-0.2, -0.15) is 0 Å². The normalized spacial score (nSPS) is 22.0. The molecule has 0 atom stereocenters. The lowest BCUT2D eigenvalue weighted by molar-refractivity contribution is -0.123. The van der Waals surface area contributed by atoms with E-state index in [1.54, 1.807) is 0 Å². The number of hydrogen-bond donors (Lipinski definition) is 1. The first-order valence-corrected chi connectivity index (χ1v) is 10.2. The summed E-state index contributed by atoms with van der Waals surface area (Å²) in [5.74, 6) is 1.27. The molecule has 1 aromatic rings. The average Bonchev–Trinajstić information content (AvgIpc) is 3.12. The molecule has 3 aliphatic rings. The van der Waals surface area contributed by atoms with Crippen molar-refractivity contribution in [2.75, 3.05) is 39.3 Å². The monoisotopic (exact) mass is 357 g/mol. The van der Waals surface area contributed by atoms with E-state index < -0.39 is 0 Å². The van der Waals surface area contributed by atoms with Gasteiger partial charge in [-0.25, -0.2) is 0 Å². The summed E-state index contributed by atoms with van der Waals surface area (Å²) in [5.41, 5.74) is 2.72. The molecular formula is C21H31N3O2. The number of piperazine rings is 1. The molecule has 0 radical (unpaired) electrons. The summed E-state index contributed by atoms with van der Waals surface area (Å²) in [4.78, 5) is 17.1. The fraction of sp³-hybridized carbons (Fsp3) is 0.667. The zero-order chi connectivity index (χ0) is 17.8. The van der Waals surface area contributed by atoms with Gasteiger partial charge in [-0.3, -0.25) is 14.6 Å². The lowest BCUT2D eigenvalue weighted by Crippen LogP contribution is -2.50. The van der Waals surface area contributed by atoms with Gasteiger partial charge in [0.25, 0.3) is 0 Å². The van der Waals surface area contributed by atoms with Crippen LogP contribution in [0.25, 0.3) is 0 Å². The quantitative estimate of drug-likeness (QED) is 0.877. The average molecular weight is 357 g/mol. The Balaban J connectivity index is 1.19. The van der Waals surface area contributed by atoms with Crippen molar-refractivity contribution in [3.05, 3.63) is 29.3 Å². The second-order valence-corrected chi connectivity index (χ2v) is 8.00. The van der Waals surface area contributed by atoms with Crippen LogP contribution in [-0.4, -0.2) is 61.1 Å². The van der Waals surface area contributed by atoms with Crippen LogP contribution in [0.1, 0.15) is 43.2 Å². The SMILES string of the molecule is O=C(CN1CCN(Cc2ccc3c(c2)CCO3)CC1)NC1CCCCC1. The van der Waals surface area contributed by atoms with Gasteiger partial charge < -0.3 is 10.1 Å². The van der Waals surface area contributed by atoms with Gasteiger partial charge in [0.15, 0.2) is 0 Å². The topological polar surface area (TPSA) is 44.8 Å². The predicted molar refractivity (Wildman–Crippen MR) is 102 cm³/mol. The molecule has 1 aliphatic carbocycles. The van der Waals surface area contributed by atoms with Gasteiger partial charge in [0.2, 0.25) is 5.91 Å². The smallest absolute Gasteiger partial charge is 0.234 e. The van der Waals surface area contributed by atoms with Crippen LogP contribution in [-0.2, 0) is 17.8 Å². The highest BCUT2D eigenvalue weighted by Crippen LogP contribution is 2.26. The molecule has 1 aromatic carbocycles. The number of carbonyl (C=O) groups is 1. The molecule has 0 spiro atoms. The van der Waals surface area contributed by atoms with Crippen molar-refractivity contribution in [3.63, 3.8) is 0 Å². The third-order valence-corrected chi connectivity index (χ3v) is 5.96. The van der Waals surface area contributed by atoms with E-state index in [4.69, 9.17) is 4.74 Å². The predicted octanol–water partition coefficient (Wildman–Crippen LogP) is 2.19. The standard InChI is InChI=1S/C21H31N3O2/c25-21(22-19-4-2-1-3-5-19)16-24-11-9-23(10-12-24)15-17-6-7-20-18(14-17)8-13-26-20/h6-7,14,19H,1-5,8-13,15-16H2,(H,22,25). The van der Waals surface area contributed by atoms with Crippen molar-refractivity contribution in [1.82, 2.24) is 15.1 Å². The van der Waals surface area contributed by atoms with Crippen LogP contribution in [0.3, 0.4) is 0 Å². The Bertz CT molecular complexity index is 620. The Labute approximate surface area is 156 Å². The Kier molecular flexibility index (Phi) is 5.75. The third-order valence-electron chi connectivity index (χ3n) is 5.96. The molecule has 0 aromatic heterocycles. The van der Waals surface area contributed by atoms with Crippen LogP contribution in [0.2, 0.25) is 0 Å². The van der Waals surface area contributed by atoms with E-state index in [0.29, 0.717) is 12.6 Å². The number of amides is 1. The summed E-state index contributed by atoms with van der Waals surface area (Å²) < 4.78 is 5.59. The maximum atomic E-state index is 12.3. The number of nitrogens with one attached hydrogen (secondary N) is 1. The molecule has 4 rings (SSSR count). The molecule has 142 valence electrons. The maximum absolute atomic E-state index is 12.3. The molecular weight excluding hydrogens is 326 g/mol. The zero-order valence-corrected chi connectivity index (χ0v) is 15.7. The number of nitrogens with zero attached hydrogens (tertiary/aromatic N) is 2. The summed E-state index contributed by atoms with van der Waals surface area (Å²) in [6.07, 6.45) is 7.20. The van der Waals surface area contributed by atoms with Crippen LogP contribution < -0.4 is 10.1 Å². The van der Waals surface area contributed by atoms with Crippen molar-refractivity contribution in [3.8, 4) is 5.75 Å². The third kappa shape index (κ3) is 4.57. The summed E-state index contributed by atoms with van der Waals surface area (Å²) >= 11 is 0. The van der Waals surface area contributed by atoms with E-state index in [1.807, 2.05) is 0 Å². The Morgan fingerprint density at radius 1 is 1.08 bits per heavy atom. The number of rotatable bonds is 5. The van der Waals surface area contributed by atoms with Crippen molar-refractivity contribution in [2.24, 2.45) is 0 Å². The molecule has 5 nitrogen and oxygen atoms in total. The van der Waals surface area contributed by atoms with Crippen molar-refractivity contribution in [2.45, 2.75) is 51.1 Å². The summed E-state index contributed by atoms with van der Waals surface area (Å²) in [7, 11) is 0. The van der Waals surface area contributed by atoms with E-state index in [1.165, 1.54) is 30.4 Å². The largest absolute Gasteiger partial charge is 0.493 e. The molecule has 2 heterocycles. The lowest BCUT2D eigenvalue weighted by atomic mass is 9.95. The zero-order valence-electron chi connectivity index (χ0n) is 15.7. The highest BCUT2D eigenvalue weighted by molar-refractivity contribution is 5.78. The number of fused-ring (bicyclic) bond motifs is 1. The van der Waals surface area contributed by atoms with Crippen molar-refractivity contribution >= 4 is 5.91 Å². The van der Waals surface area contributed by atoms with Gasteiger partial charge in [0, 0.05) is 45.2 Å². The molecule has 1 amide bonds. The van der Waals surface area contributed by atoms with E-state index >= 15 is 0 Å². The van der Waals surface area contributed by atoms with Gasteiger partial charge in [0.05, 0.1) is 13.2 Å². The number of hydrogen-bond acceptors (Lipinski definition) is 4. The van der Waals surface area contributed by atoms with Crippen molar-refractivity contribution < 1.29 is 9.53 Å². The van der Waals surface area contributed by atoms with Crippen LogP contribution in [0.4, 0.5) is 0 Å². The first-order chi connectivity index (χ1) is 12.8. The second kappa shape index (κ2) is 8.40. The van der Waals surface area contributed by atoms with Gasteiger partial charge in [-0.05, 0) is 30.0 Å². The van der Waals surface area contributed by atoms with E-state index in [-0.39, 0.29) is 5.91 Å². The van der Waals surface area contributed by atoms with Crippen LogP contribution in [0, 0.1) is 0 Å². The van der Waals surface area contributed by atoms with E-state index in [9.17, 15) is 4.79 Å². The molecule has 1 N–H and O–H groups in total. The fourth-order valence-corrected chi connectivity index (χ4v) is 4.43. The van der Waals surface area contributed by atoms with Crippen molar-refractivity contribution in [1.29, 1.82) is 0 Å². The molecule has 26 heavy (non-hydrogen) atoms. The lowest BCUT2D eigenvalue weighted by Gasteiger charge is -2.34. The minimum absolute atomic E-state index is 0.212. The molecule has 5 heteroatoms. The maximum Gasteiger partial charge on any atom is 0.234 e. The molecule has 2 fully saturated rings. The van der Waals surface area contributed by atoms with Crippen LogP contribution >= 0.6 is 0 Å². The van der Waals surface area contributed by atoms with Gasteiger partial charge in [-0.15, -0.1) is 0 Å². The van der Waals surface area contributed by atoms with Crippen LogP contribution in [0.5, 0.6) is 5.75 Å². The molecule has 2 aliphatic heterocycles. The van der Waals surface area contributed by atoms with E-state index in [0.717, 1.165) is 64.3 Å². The van der Waals surface area contributed by atoms with Crippen LogP contribution in [0.15, 0.2) is 18.2 Å². The minimum atomic E-state index is 0.212. The van der Waals surface area contributed by atoms with E-state index in [2.05, 4.69) is 33.3 Å². The first kappa shape index (κ1) is 17.8. The Morgan fingerprint density at radius 3 is 2.65 bits per heavy atom. The number of carbonyl (C=O) groups excluding carboxylic acids is 1.